The second-order valence-corrected chi connectivity index (χ2v) is 6.36. The zero-order valence-electron chi connectivity index (χ0n) is 14.4. The van der Waals surface area contributed by atoms with Crippen LogP contribution in [-0.2, 0) is 4.79 Å². The molecule has 0 aliphatic carbocycles. The van der Waals surface area contributed by atoms with E-state index in [2.05, 4.69) is 20.8 Å². The number of H-pyrrole nitrogens is 1. The molecule has 0 fully saturated rings. The Labute approximate surface area is 149 Å². The number of aromatic amines is 1. The van der Waals surface area contributed by atoms with E-state index in [4.69, 9.17) is 0 Å². The fraction of sp³-hybridized carbons (Fsp3) is 0.211. The third-order valence-electron chi connectivity index (χ3n) is 4.05. The normalized spacial score (nSPS) is 12.2. The van der Waals surface area contributed by atoms with Crippen LogP contribution in [0.5, 0.6) is 0 Å². The maximum atomic E-state index is 13.0. The first-order valence-electron chi connectivity index (χ1n) is 8.24. The molecule has 2 amide bonds. The number of carbonyl (C=O) groups excluding carboxylic acids is 2. The fourth-order valence-corrected chi connectivity index (χ4v) is 2.60. The smallest absolute Gasteiger partial charge is 0.251 e. The Morgan fingerprint density at radius 3 is 2.54 bits per heavy atom. The molecule has 0 bridgehead atoms. The zero-order chi connectivity index (χ0) is 18.7. The topological polar surface area (TPSA) is 86.9 Å². The molecule has 0 radical (unpaired) electrons. The molecule has 0 spiro atoms. The van der Waals surface area contributed by atoms with E-state index in [1.165, 1.54) is 24.3 Å². The van der Waals surface area contributed by atoms with Gasteiger partial charge in [-0.3, -0.25) is 14.7 Å². The van der Waals surface area contributed by atoms with Gasteiger partial charge in [-0.25, -0.2) is 4.39 Å². The van der Waals surface area contributed by atoms with Crippen LogP contribution in [0.4, 0.5) is 10.1 Å². The summed E-state index contributed by atoms with van der Waals surface area (Å²) in [6.45, 7) is 3.68. The lowest BCUT2D eigenvalue weighted by molar-refractivity contribution is -0.118. The molecule has 2 aromatic carbocycles. The average Bonchev–Trinajstić information content (AvgIpc) is 3.07. The first-order valence-corrected chi connectivity index (χ1v) is 8.24. The van der Waals surface area contributed by atoms with E-state index in [0.29, 0.717) is 11.3 Å². The molecule has 6 nitrogen and oxygen atoms in total. The first kappa shape index (κ1) is 17.6. The van der Waals surface area contributed by atoms with Crippen molar-refractivity contribution in [2.75, 3.05) is 5.32 Å². The predicted octanol–water partition coefficient (Wildman–Crippen LogP) is 3.10. The maximum absolute atomic E-state index is 13.0. The van der Waals surface area contributed by atoms with E-state index in [9.17, 15) is 14.0 Å². The Morgan fingerprint density at radius 1 is 1.12 bits per heavy atom. The Balaban J connectivity index is 1.72. The molecule has 0 saturated carbocycles. The number of nitrogens with zero attached hydrogens (tertiary/aromatic N) is 1. The number of hydrogen-bond donors (Lipinski definition) is 3. The van der Waals surface area contributed by atoms with Crippen LogP contribution < -0.4 is 10.6 Å². The SMILES string of the molecule is CC(C)C(NC(=O)c1ccc(F)cc1)C(=O)Nc1ccc2[nH]ncc2c1. The highest BCUT2D eigenvalue weighted by Crippen LogP contribution is 2.17. The Morgan fingerprint density at radius 2 is 1.85 bits per heavy atom. The largest absolute Gasteiger partial charge is 0.340 e. The molecule has 26 heavy (non-hydrogen) atoms. The number of nitrogens with one attached hydrogen (secondary N) is 3. The Bertz CT molecular complexity index is 934. The summed E-state index contributed by atoms with van der Waals surface area (Å²) >= 11 is 0. The van der Waals surface area contributed by atoms with Gasteiger partial charge in [-0.05, 0) is 48.4 Å². The number of fused-ring (bicyclic) bond motifs is 1. The third-order valence-corrected chi connectivity index (χ3v) is 4.05. The zero-order valence-corrected chi connectivity index (χ0v) is 14.4. The van der Waals surface area contributed by atoms with E-state index in [-0.39, 0.29) is 11.8 Å². The highest BCUT2D eigenvalue weighted by Gasteiger charge is 2.25. The van der Waals surface area contributed by atoms with Crippen LogP contribution in [0.2, 0.25) is 0 Å². The van der Waals surface area contributed by atoms with E-state index >= 15 is 0 Å². The minimum Gasteiger partial charge on any atom is -0.340 e. The quantitative estimate of drug-likeness (QED) is 0.658. The summed E-state index contributed by atoms with van der Waals surface area (Å²) in [5.41, 5.74) is 1.78. The number of halogens is 1. The summed E-state index contributed by atoms with van der Waals surface area (Å²) in [6, 6.07) is 9.83. The standard InChI is InChI=1S/C19H19FN4O2/c1-11(2)17(23-18(25)12-3-5-14(20)6-4-12)19(26)22-15-7-8-16-13(9-15)10-21-24-16/h3-11,17H,1-2H3,(H,21,24)(H,22,26)(H,23,25). The van der Waals surface area contributed by atoms with Gasteiger partial charge in [0.25, 0.3) is 5.91 Å². The lowest BCUT2D eigenvalue weighted by Gasteiger charge is -2.22. The van der Waals surface area contributed by atoms with Gasteiger partial charge >= 0.3 is 0 Å². The highest BCUT2D eigenvalue weighted by atomic mass is 19.1. The van der Waals surface area contributed by atoms with Crippen molar-refractivity contribution >= 4 is 28.4 Å². The molecule has 134 valence electrons. The molecule has 1 unspecified atom stereocenters. The molecule has 3 aromatic rings. The van der Waals surface area contributed by atoms with Crippen LogP contribution in [0.1, 0.15) is 24.2 Å². The van der Waals surface area contributed by atoms with Gasteiger partial charge < -0.3 is 10.6 Å². The summed E-state index contributed by atoms with van der Waals surface area (Å²) in [4.78, 5) is 25.0. The van der Waals surface area contributed by atoms with Crippen LogP contribution in [0.3, 0.4) is 0 Å². The molecule has 3 rings (SSSR count). The van der Waals surface area contributed by atoms with Crippen LogP contribution >= 0.6 is 0 Å². The molecular formula is C19H19FN4O2. The summed E-state index contributed by atoms with van der Waals surface area (Å²) in [7, 11) is 0. The molecule has 0 saturated heterocycles. The molecular weight excluding hydrogens is 335 g/mol. The second-order valence-electron chi connectivity index (χ2n) is 6.36. The van der Waals surface area contributed by atoms with Crippen molar-refractivity contribution in [1.82, 2.24) is 15.5 Å². The molecule has 0 aliphatic heterocycles. The van der Waals surface area contributed by atoms with E-state index in [0.717, 1.165) is 10.9 Å². The lowest BCUT2D eigenvalue weighted by atomic mass is 10.0. The van der Waals surface area contributed by atoms with Crippen molar-refractivity contribution in [2.45, 2.75) is 19.9 Å². The van der Waals surface area contributed by atoms with Gasteiger partial charge in [-0.15, -0.1) is 0 Å². The predicted molar refractivity (Wildman–Crippen MR) is 97.2 cm³/mol. The van der Waals surface area contributed by atoms with Gasteiger partial charge in [0.1, 0.15) is 11.9 Å². The van der Waals surface area contributed by atoms with Gasteiger partial charge in [0.05, 0.1) is 11.7 Å². The lowest BCUT2D eigenvalue weighted by Crippen LogP contribution is -2.47. The van der Waals surface area contributed by atoms with Crippen LogP contribution in [0.25, 0.3) is 10.9 Å². The third kappa shape index (κ3) is 3.88. The number of rotatable bonds is 5. The van der Waals surface area contributed by atoms with Gasteiger partial charge in [-0.1, -0.05) is 13.8 Å². The van der Waals surface area contributed by atoms with Crippen LogP contribution in [-0.4, -0.2) is 28.1 Å². The summed E-state index contributed by atoms with van der Waals surface area (Å²) < 4.78 is 13.0. The summed E-state index contributed by atoms with van der Waals surface area (Å²) in [5.74, 6) is -1.30. The number of benzene rings is 2. The van der Waals surface area contributed by atoms with Gasteiger partial charge in [0.2, 0.25) is 5.91 Å². The number of anilines is 1. The van der Waals surface area contributed by atoms with Crippen molar-refractivity contribution < 1.29 is 14.0 Å². The summed E-state index contributed by atoms with van der Waals surface area (Å²) in [6.07, 6.45) is 1.67. The van der Waals surface area contributed by atoms with Crippen molar-refractivity contribution in [3.05, 3.63) is 60.0 Å². The maximum Gasteiger partial charge on any atom is 0.251 e. The van der Waals surface area contributed by atoms with E-state index in [1.807, 2.05) is 19.9 Å². The number of carbonyl (C=O) groups is 2. The monoisotopic (exact) mass is 354 g/mol. The molecule has 0 aliphatic rings. The first-order chi connectivity index (χ1) is 12.4. The van der Waals surface area contributed by atoms with Crippen LogP contribution in [0, 0.1) is 11.7 Å². The van der Waals surface area contributed by atoms with Crippen molar-refractivity contribution in [3.8, 4) is 0 Å². The van der Waals surface area contributed by atoms with Crippen molar-refractivity contribution in [1.29, 1.82) is 0 Å². The average molecular weight is 354 g/mol. The molecule has 1 heterocycles. The Hall–Kier alpha value is -3.22. The summed E-state index contributed by atoms with van der Waals surface area (Å²) in [5, 5.41) is 13.2. The van der Waals surface area contributed by atoms with Gasteiger partial charge in [0.15, 0.2) is 0 Å². The minimum atomic E-state index is -0.729. The fourth-order valence-electron chi connectivity index (χ4n) is 2.60. The highest BCUT2D eigenvalue weighted by molar-refractivity contribution is 6.02. The molecule has 7 heteroatoms. The van der Waals surface area contributed by atoms with E-state index in [1.54, 1.807) is 18.3 Å². The van der Waals surface area contributed by atoms with Crippen molar-refractivity contribution in [3.63, 3.8) is 0 Å². The number of amides is 2. The minimum absolute atomic E-state index is 0.128. The van der Waals surface area contributed by atoms with E-state index < -0.39 is 17.8 Å². The second kappa shape index (κ2) is 7.35. The Kier molecular flexibility index (Phi) is 4.97. The molecule has 1 aromatic heterocycles. The van der Waals surface area contributed by atoms with Gasteiger partial charge in [-0.2, -0.15) is 5.10 Å². The van der Waals surface area contributed by atoms with Crippen molar-refractivity contribution in [2.24, 2.45) is 5.92 Å². The van der Waals surface area contributed by atoms with Crippen LogP contribution in [0.15, 0.2) is 48.7 Å². The van der Waals surface area contributed by atoms with Gasteiger partial charge in [0, 0.05) is 16.6 Å². The number of hydrogen-bond acceptors (Lipinski definition) is 3. The molecule has 1 atom stereocenters. The molecule has 3 N–H and O–H groups in total. The number of aromatic nitrogens is 2.